The number of hydrogen-bond donors (Lipinski definition) is 1. The van der Waals surface area contributed by atoms with E-state index in [4.69, 9.17) is 9.47 Å². The van der Waals surface area contributed by atoms with Gasteiger partial charge in [-0.1, -0.05) is 19.8 Å². The van der Waals surface area contributed by atoms with E-state index in [-0.39, 0.29) is 24.3 Å². The molecule has 5 nitrogen and oxygen atoms in total. The van der Waals surface area contributed by atoms with Gasteiger partial charge in [0.05, 0.1) is 0 Å². The number of benzene rings is 1. The minimum atomic E-state index is -0.298. The van der Waals surface area contributed by atoms with Crippen LogP contribution in [0.25, 0.3) is 6.08 Å². The molecule has 3 rings (SSSR count). The van der Waals surface area contributed by atoms with Gasteiger partial charge in [0.2, 0.25) is 6.79 Å². The van der Waals surface area contributed by atoms with Crippen LogP contribution < -0.4 is 14.8 Å². The topological polar surface area (TPSA) is 71.4 Å². The lowest BCUT2D eigenvalue weighted by molar-refractivity contribution is -0.118. The summed E-state index contributed by atoms with van der Waals surface area (Å²) in [6.45, 7) is 4.28. The highest BCUT2D eigenvalue weighted by atomic mass is 16.7. The summed E-state index contributed by atoms with van der Waals surface area (Å²) in [6, 6.07) is 5.86. The Bertz CT molecular complexity index is 718. The highest BCUT2D eigenvalue weighted by molar-refractivity contribution is 6.02. The first-order chi connectivity index (χ1) is 11.6. The van der Waals surface area contributed by atoms with Gasteiger partial charge in [0.25, 0.3) is 5.91 Å². The number of hydrogen-bond acceptors (Lipinski definition) is 4. The van der Waals surface area contributed by atoms with Gasteiger partial charge in [-0.2, -0.15) is 5.26 Å². The average Bonchev–Trinajstić information content (AvgIpc) is 3.01. The molecular weight excluding hydrogens is 304 g/mol. The summed E-state index contributed by atoms with van der Waals surface area (Å²) >= 11 is 0. The van der Waals surface area contributed by atoms with Crippen LogP contribution in [0.2, 0.25) is 0 Å². The number of nitriles is 1. The Hall–Kier alpha value is -2.48. The van der Waals surface area contributed by atoms with Crippen molar-refractivity contribution >= 4 is 12.0 Å². The summed E-state index contributed by atoms with van der Waals surface area (Å²) in [5, 5.41) is 12.4. The SMILES string of the molecule is Cc1cc2c(cc1/C=C(\C#N)C(=O)N[C@H]1CCCC[C@H]1C)OCO2. The summed E-state index contributed by atoms with van der Waals surface area (Å²) in [6.07, 6.45) is 6.07. The van der Waals surface area contributed by atoms with Gasteiger partial charge in [-0.05, 0) is 55.0 Å². The van der Waals surface area contributed by atoms with E-state index in [1.807, 2.05) is 25.1 Å². The van der Waals surface area contributed by atoms with Gasteiger partial charge in [0, 0.05) is 6.04 Å². The van der Waals surface area contributed by atoms with Crippen molar-refractivity contribution in [3.05, 3.63) is 28.8 Å². The van der Waals surface area contributed by atoms with Gasteiger partial charge < -0.3 is 14.8 Å². The first kappa shape index (κ1) is 16.4. The maximum absolute atomic E-state index is 12.5. The number of carbonyl (C=O) groups is 1. The van der Waals surface area contributed by atoms with Gasteiger partial charge in [-0.3, -0.25) is 4.79 Å². The molecule has 0 unspecified atom stereocenters. The Morgan fingerprint density at radius 1 is 1.29 bits per heavy atom. The molecule has 1 aromatic carbocycles. The molecule has 1 aromatic rings. The van der Waals surface area contributed by atoms with E-state index >= 15 is 0 Å². The first-order valence-electron chi connectivity index (χ1n) is 8.41. The molecule has 0 aromatic heterocycles. The fraction of sp³-hybridized carbons (Fsp3) is 0.474. The van der Waals surface area contributed by atoms with Crippen molar-refractivity contribution in [3.63, 3.8) is 0 Å². The molecule has 2 aliphatic rings. The molecular formula is C19H22N2O3. The standard InChI is InChI=1S/C19H22N2O3/c1-12-5-3-4-6-16(12)21-19(22)15(10-20)8-14-9-18-17(7-13(14)2)23-11-24-18/h7-9,12,16H,3-6,11H2,1-2H3,(H,21,22)/b15-8+/t12-,16+/m1/s1. The molecule has 1 aliphatic heterocycles. The van der Waals surface area contributed by atoms with Crippen LogP contribution >= 0.6 is 0 Å². The van der Waals surface area contributed by atoms with Crippen LogP contribution in [0.1, 0.15) is 43.7 Å². The van der Waals surface area contributed by atoms with Crippen LogP contribution in [0.15, 0.2) is 17.7 Å². The largest absolute Gasteiger partial charge is 0.454 e. The third-order valence-electron chi connectivity index (χ3n) is 4.85. The summed E-state index contributed by atoms with van der Waals surface area (Å²) in [5.74, 6) is 1.50. The van der Waals surface area contributed by atoms with Crippen LogP contribution in [-0.4, -0.2) is 18.7 Å². The molecule has 1 N–H and O–H groups in total. The fourth-order valence-corrected chi connectivity index (χ4v) is 3.30. The maximum Gasteiger partial charge on any atom is 0.262 e. The number of nitrogens with zero attached hydrogens (tertiary/aromatic N) is 1. The van der Waals surface area contributed by atoms with Crippen molar-refractivity contribution in [1.29, 1.82) is 5.26 Å². The zero-order valence-corrected chi connectivity index (χ0v) is 14.1. The van der Waals surface area contributed by atoms with E-state index in [1.165, 1.54) is 6.42 Å². The van der Waals surface area contributed by atoms with E-state index in [0.717, 1.165) is 30.4 Å². The van der Waals surface area contributed by atoms with Gasteiger partial charge in [0.15, 0.2) is 11.5 Å². The molecule has 0 spiro atoms. The van der Waals surface area contributed by atoms with Gasteiger partial charge in [-0.15, -0.1) is 0 Å². The van der Waals surface area contributed by atoms with Crippen molar-refractivity contribution in [2.75, 3.05) is 6.79 Å². The molecule has 1 heterocycles. The van der Waals surface area contributed by atoms with E-state index in [0.29, 0.717) is 17.4 Å². The second kappa shape index (κ2) is 6.96. The zero-order valence-electron chi connectivity index (χ0n) is 14.1. The molecule has 1 amide bonds. The maximum atomic E-state index is 12.5. The quantitative estimate of drug-likeness (QED) is 0.683. The Morgan fingerprint density at radius 2 is 2.00 bits per heavy atom. The van der Waals surface area contributed by atoms with E-state index in [1.54, 1.807) is 6.08 Å². The molecule has 1 saturated carbocycles. The van der Waals surface area contributed by atoms with Crippen LogP contribution in [0.3, 0.4) is 0 Å². The van der Waals surface area contributed by atoms with Crippen molar-refractivity contribution in [3.8, 4) is 17.6 Å². The molecule has 2 atom stereocenters. The second-order valence-electron chi connectivity index (χ2n) is 6.57. The van der Waals surface area contributed by atoms with Crippen molar-refractivity contribution in [2.24, 2.45) is 5.92 Å². The molecule has 1 fully saturated rings. The number of carbonyl (C=O) groups excluding carboxylic acids is 1. The van der Waals surface area contributed by atoms with E-state index in [2.05, 4.69) is 12.2 Å². The summed E-state index contributed by atoms with van der Waals surface area (Å²) < 4.78 is 10.7. The Labute approximate surface area is 142 Å². The number of fused-ring (bicyclic) bond motifs is 1. The van der Waals surface area contributed by atoms with Crippen LogP contribution in [0.4, 0.5) is 0 Å². The molecule has 5 heteroatoms. The average molecular weight is 326 g/mol. The molecule has 1 aliphatic carbocycles. The molecule has 0 bridgehead atoms. The predicted molar refractivity (Wildman–Crippen MR) is 90.5 cm³/mol. The van der Waals surface area contributed by atoms with E-state index < -0.39 is 0 Å². The van der Waals surface area contributed by atoms with Crippen LogP contribution in [-0.2, 0) is 4.79 Å². The zero-order chi connectivity index (χ0) is 17.1. The number of amides is 1. The smallest absolute Gasteiger partial charge is 0.262 e. The lowest BCUT2D eigenvalue weighted by Crippen LogP contribution is -2.41. The van der Waals surface area contributed by atoms with Gasteiger partial charge in [-0.25, -0.2) is 0 Å². The van der Waals surface area contributed by atoms with Crippen molar-refractivity contribution in [1.82, 2.24) is 5.32 Å². The molecule has 126 valence electrons. The van der Waals surface area contributed by atoms with Crippen molar-refractivity contribution < 1.29 is 14.3 Å². The molecule has 24 heavy (non-hydrogen) atoms. The fourth-order valence-electron chi connectivity index (χ4n) is 3.30. The van der Waals surface area contributed by atoms with Crippen LogP contribution in [0.5, 0.6) is 11.5 Å². The summed E-state index contributed by atoms with van der Waals surface area (Å²) in [5.41, 5.74) is 1.85. The number of rotatable bonds is 3. The number of ether oxygens (including phenoxy) is 2. The highest BCUT2D eigenvalue weighted by Crippen LogP contribution is 2.35. The summed E-state index contributed by atoms with van der Waals surface area (Å²) in [7, 11) is 0. The second-order valence-corrected chi connectivity index (χ2v) is 6.57. The van der Waals surface area contributed by atoms with Gasteiger partial charge >= 0.3 is 0 Å². The Morgan fingerprint density at radius 3 is 2.71 bits per heavy atom. The third kappa shape index (κ3) is 3.38. The summed E-state index contributed by atoms with van der Waals surface area (Å²) in [4.78, 5) is 12.5. The molecule has 0 saturated heterocycles. The Balaban J connectivity index is 1.79. The molecule has 0 radical (unpaired) electrons. The normalized spacial score (nSPS) is 22.8. The monoisotopic (exact) mass is 326 g/mol. The van der Waals surface area contributed by atoms with Crippen LogP contribution in [0, 0.1) is 24.2 Å². The lowest BCUT2D eigenvalue weighted by atomic mass is 9.86. The lowest BCUT2D eigenvalue weighted by Gasteiger charge is -2.29. The minimum Gasteiger partial charge on any atom is -0.454 e. The number of aryl methyl sites for hydroxylation is 1. The van der Waals surface area contributed by atoms with Gasteiger partial charge in [0.1, 0.15) is 11.6 Å². The van der Waals surface area contributed by atoms with E-state index in [9.17, 15) is 10.1 Å². The third-order valence-corrected chi connectivity index (χ3v) is 4.85. The Kier molecular flexibility index (Phi) is 4.75. The first-order valence-corrected chi connectivity index (χ1v) is 8.41. The minimum absolute atomic E-state index is 0.120. The highest BCUT2D eigenvalue weighted by Gasteiger charge is 2.24. The van der Waals surface area contributed by atoms with Crippen molar-refractivity contribution in [2.45, 2.75) is 45.6 Å². The predicted octanol–water partition coefficient (Wildman–Crippen LogP) is 3.33. The number of nitrogens with one attached hydrogen (secondary N) is 1.